The summed E-state index contributed by atoms with van der Waals surface area (Å²) >= 11 is 0. The predicted octanol–water partition coefficient (Wildman–Crippen LogP) is 3.52. The van der Waals surface area contributed by atoms with Crippen molar-refractivity contribution in [3.05, 3.63) is 78.1 Å². The number of rotatable bonds is 10. The normalized spacial score (nSPS) is 16.6. The number of fused-ring (bicyclic) bond motifs is 1. The molecule has 3 N–H and O–H groups in total. The van der Waals surface area contributed by atoms with Crippen LogP contribution >= 0.6 is 0 Å². The first-order valence-corrected chi connectivity index (χ1v) is 14.1. The van der Waals surface area contributed by atoms with Crippen LogP contribution in [0.25, 0.3) is 11.5 Å². The average molecular weight is 584 g/mol. The highest BCUT2D eigenvalue weighted by molar-refractivity contribution is 5.99. The summed E-state index contributed by atoms with van der Waals surface area (Å²) in [6, 6.07) is 12.6. The van der Waals surface area contributed by atoms with Crippen LogP contribution in [-0.2, 0) is 10.3 Å². The third-order valence-electron chi connectivity index (χ3n) is 7.60. The van der Waals surface area contributed by atoms with E-state index in [-0.39, 0.29) is 24.4 Å². The SMILES string of the molecule is C=CCN1C(=O)c2ccc(Nc3ncc(-c4nc(N5CCOCC5)no4)c(N[C@H](CO)c4ccccc4)n3)nc2C1(C)C. The van der Waals surface area contributed by atoms with E-state index >= 15 is 0 Å². The first-order valence-electron chi connectivity index (χ1n) is 14.1. The number of carbonyl (C=O) groups is 1. The molecule has 2 aliphatic rings. The summed E-state index contributed by atoms with van der Waals surface area (Å²) in [6.45, 7) is 10.4. The third-order valence-corrected chi connectivity index (χ3v) is 7.60. The molecular weight excluding hydrogens is 550 g/mol. The monoisotopic (exact) mass is 583 g/mol. The van der Waals surface area contributed by atoms with Gasteiger partial charge in [-0.15, -0.1) is 6.58 Å². The number of aliphatic hydroxyl groups is 1. The largest absolute Gasteiger partial charge is 0.394 e. The molecule has 1 aromatic carbocycles. The molecule has 13 nitrogen and oxygen atoms in total. The lowest BCUT2D eigenvalue weighted by molar-refractivity contribution is 0.0649. The van der Waals surface area contributed by atoms with Gasteiger partial charge in [0.15, 0.2) is 0 Å². The lowest BCUT2D eigenvalue weighted by Gasteiger charge is -2.30. The Hall–Kier alpha value is -4.88. The van der Waals surface area contributed by atoms with Crippen LogP contribution in [0.3, 0.4) is 0 Å². The Kier molecular flexibility index (Phi) is 7.74. The lowest BCUT2D eigenvalue weighted by atomic mass is 9.99. The fourth-order valence-electron chi connectivity index (χ4n) is 5.26. The number of anilines is 4. The molecule has 222 valence electrons. The maximum absolute atomic E-state index is 13.0. The van der Waals surface area contributed by atoms with Crippen LogP contribution in [0.5, 0.6) is 0 Å². The average Bonchev–Trinajstić information content (AvgIpc) is 3.59. The zero-order valence-electron chi connectivity index (χ0n) is 24.0. The molecule has 1 atom stereocenters. The Morgan fingerprint density at radius 3 is 2.63 bits per heavy atom. The van der Waals surface area contributed by atoms with Crippen LogP contribution in [0.15, 0.2) is 65.8 Å². The molecule has 6 rings (SSSR count). The number of nitrogens with one attached hydrogen (secondary N) is 2. The fourth-order valence-corrected chi connectivity index (χ4v) is 5.26. The van der Waals surface area contributed by atoms with Gasteiger partial charge in [-0.1, -0.05) is 36.4 Å². The standard InChI is InChI=1S/C30H33N9O4/c1-4-12-39-27(41)20-10-11-23(33-24(20)30(39,2)3)34-28-31-17-21(26-36-29(37-43-26)38-13-15-42-16-14-38)25(35-28)32-22(18-40)19-8-6-5-7-9-19/h4-11,17,22,40H,1,12-16,18H2,2-3H3,(H2,31,32,33,34,35)/t22-/m1/s1. The summed E-state index contributed by atoms with van der Waals surface area (Å²) in [7, 11) is 0. The van der Waals surface area contributed by atoms with Gasteiger partial charge in [-0.25, -0.2) is 9.97 Å². The van der Waals surface area contributed by atoms with E-state index in [1.54, 1.807) is 29.3 Å². The van der Waals surface area contributed by atoms with Gasteiger partial charge in [0.2, 0.25) is 5.95 Å². The summed E-state index contributed by atoms with van der Waals surface area (Å²) < 4.78 is 11.1. The van der Waals surface area contributed by atoms with Gasteiger partial charge < -0.3 is 34.8 Å². The molecule has 43 heavy (non-hydrogen) atoms. The number of ether oxygens (including phenoxy) is 1. The number of morpholine rings is 1. The zero-order chi connectivity index (χ0) is 30.0. The maximum Gasteiger partial charge on any atom is 0.266 e. The maximum atomic E-state index is 13.0. The summed E-state index contributed by atoms with van der Waals surface area (Å²) in [5.74, 6) is 1.72. The molecule has 0 bridgehead atoms. The van der Waals surface area contributed by atoms with E-state index < -0.39 is 11.6 Å². The van der Waals surface area contributed by atoms with Gasteiger partial charge in [-0.3, -0.25) is 4.79 Å². The zero-order valence-corrected chi connectivity index (χ0v) is 24.0. The quantitative estimate of drug-likeness (QED) is 0.234. The fraction of sp³-hybridized carbons (Fsp3) is 0.333. The Morgan fingerprint density at radius 1 is 1.09 bits per heavy atom. The van der Waals surface area contributed by atoms with Crippen LogP contribution in [-0.4, -0.2) is 80.5 Å². The van der Waals surface area contributed by atoms with Crippen molar-refractivity contribution in [2.75, 3.05) is 55.0 Å². The van der Waals surface area contributed by atoms with Crippen molar-refractivity contribution in [1.29, 1.82) is 0 Å². The van der Waals surface area contributed by atoms with Crippen molar-refractivity contribution >= 4 is 29.4 Å². The summed E-state index contributed by atoms with van der Waals surface area (Å²) in [6.07, 6.45) is 3.29. The molecule has 0 unspecified atom stereocenters. The Bertz CT molecular complexity index is 1620. The van der Waals surface area contributed by atoms with E-state index in [2.05, 4.69) is 32.3 Å². The minimum absolute atomic E-state index is 0.0852. The number of pyridine rings is 1. The molecule has 3 aromatic heterocycles. The van der Waals surface area contributed by atoms with E-state index in [0.717, 1.165) is 5.56 Å². The van der Waals surface area contributed by atoms with Gasteiger partial charge in [0.25, 0.3) is 17.7 Å². The van der Waals surface area contributed by atoms with Crippen molar-refractivity contribution < 1.29 is 19.2 Å². The Balaban J connectivity index is 1.33. The van der Waals surface area contributed by atoms with E-state index in [9.17, 15) is 9.90 Å². The first-order chi connectivity index (χ1) is 20.9. The Labute approximate surface area is 248 Å². The van der Waals surface area contributed by atoms with Gasteiger partial charge in [-0.2, -0.15) is 9.97 Å². The number of hydrogen-bond donors (Lipinski definition) is 3. The van der Waals surface area contributed by atoms with E-state index in [4.69, 9.17) is 19.2 Å². The van der Waals surface area contributed by atoms with Gasteiger partial charge >= 0.3 is 0 Å². The smallest absolute Gasteiger partial charge is 0.266 e. The number of aliphatic hydroxyl groups excluding tert-OH is 1. The molecule has 0 spiro atoms. The molecular formula is C30H33N9O4. The van der Waals surface area contributed by atoms with Gasteiger partial charge in [0.05, 0.1) is 42.7 Å². The number of benzene rings is 1. The molecule has 2 aliphatic heterocycles. The molecule has 1 saturated heterocycles. The number of amides is 1. The minimum Gasteiger partial charge on any atom is -0.394 e. The van der Waals surface area contributed by atoms with Crippen molar-refractivity contribution in [3.8, 4) is 11.5 Å². The van der Waals surface area contributed by atoms with Crippen LogP contribution < -0.4 is 15.5 Å². The second-order valence-electron chi connectivity index (χ2n) is 10.7. The van der Waals surface area contributed by atoms with Gasteiger partial charge in [0, 0.05) is 25.8 Å². The van der Waals surface area contributed by atoms with Crippen LogP contribution in [0.2, 0.25) is 0 Å². The Morgan fingerprint density at radius 2 is 1.88 bits per heavy atom. The topological polar surface area (TPSA) is 155 Å². The lowest BCUT2D eigenvalue weighted by Crippen LogP contribution is -2.39. The second-order valence-corrected chi connectivity index (χ2v) is 10.7. The third kappa shape index (κ3) is 5.51. The van der Waals surface area contributed by atoms with Crippen molar-refractivity contribution in [3.63, 3.8) is 0 Å². The second kappa shape index (κ2) is 11.8. The van der Waals surface area contributed by atoms with Crippen molar-refractivity contribution in [2.45, 2.75) is 25.4 Å². The minimum atomic E-state index is -0.615. The molecule has 13 heteroatoms. The number of nitrogens with zero attached hydrogens (tertiary/aromatic N) is 7. The van der Waals surface area contributed by atoms with E-state index in [1.807, 2.05) is 49.1 Å². The molecule has 1 amide bonds. The molecule has 1 fully saturated rings. The highest BCUT2D eigenvalue weighted by Crippen LogP contribution is 2.38. The van der Waals surface area contributed by atoms with Crippen LogP contribution in [0, 0.1) is 0 Å². The van der Waals surface area contributed by atoms with E-state index in [0.29, 0.717) is 67.3 Å². The van der Waals surface area contributed by atoms with Gasteiger partial charge in [0.1, 0.15) is 17.2 Å². The molecule has 0 aliphatic carbocycles. The molecule has 5 heterocycles. The summed E-state index contributed by atoms with van der Waals surface area (Å²) in [5, 5.41) is 20.9. The molecule has 0 radical (unpaired) electrons. The van der Waals surface area contributed by atoms with Crippen LogP contribution in [0.4, 0.5) is 23.5 Å². The molecule has 4 aromatic rings. The van der Waals surface area contributed by atoms with Crippen molar-refractivity contribution in [2.24, 2.45) is 0 Å². The molecule has 0 saturated carbocycles. The number of carbonyl (C=O) groups excluding carboxylic acids is 1. The highest BCUT2D eigenvalue weighted by atomic mass is 16.5. The number of aromatic nitrogens is 5. The van der Waals surface area contributed by atoms with E-state index in [1.165, 1.54) is 0 Å². The summed E-state index contributed by atoms with van der Waals surface area (Å²) in [4.78, 5) is 35.3. The van der Waals surface area contributed by atoms with Crippen molar-refractivity contribution in [1.82, 2.24) is 30.0 Å². The summed E-state index contributed by atoms with van der Waals surface area (Å²) in [5.41, 5.74) is 1.94. The highest BCUT2D eigenvalue weighted by Gasteiger charge is 2.43. The predicted molar refractivity (Wildman–Crippen MR) is 160 cm³/mol. The first kappa shape index (κ1) is 28.2. The number of hydrogen-bond acceptors (Lipinski definition) is 12. The van der Waals surface area contributed by atoms with Gasteiger partial charge in [-0.05, 0) is 36.7 Å². The van der Waals surface area contributed by atoms with Crippen LogP contribution in [0.1, 0.15) is 41.5 Å².